The summed E-state index contributed by atoms with van der Waals surface area (Å²) in [4.78, 5) is 0. The van der Waals surface area contributed by atoms with Crippen LogP contribution in [0.2, 0.25) is 0 Å². The minimum atomic E-state index is 0.255. The van der Waals surface area contributed by atoms with E-state index in [0.29, 0.717) is 0 Å². The molecule has 1 aliphatic carbocycles. The number of methoxy groups -OCH3 is 1. The van der Waals surface area contributed by atoms with Crippen molar-refractivity contribution in [2.45, 2.75) is 12.8 Å². The maximum Gasteiger partial charge on any atom is 0.188 e. The lowest BCUT2D eigenvalue weighted by Crippen LogP contribution is -2.00. The third-order valence-corrected chi connectivity index (χ3v) is 2.56. The smallest absolute Gasteiger partial charge is 0.188 e. The zero-order valence-corrected chi connectivity index (χ0v) is 9.11. The molecule has 0 aromatic carbocycles. The van der Waals surface area contributed by atoms with Gasteiger partial charge in [-0.15, -0.1) is 0 Å². The normalized spacial score (nSPS) is 17.8. The Morgan fingerprint density at radius 3 is 3.00 bits per heavy atom. The average molecular weight is 254 g/mol. The number of rotatable bonds is 3. The fraction of sp³-hybridized carbons (Fsp3) is 0.500. The number of allylic oxidation sites excluding steroid dienone is 3. The molecule has 0 radical (unpaired) electrons. The van der Waals surface area contributed by atoms with E-state index in [1.165, 1.54) is 0 Å². The van der Waals surface area contributed by atoms with Gasteiger partial charge in [0.25, 0.3) is 0 Å². The molecule has 0 fully saturated rings. The molecule has 0 unspecified atom stereocenters. The van der Waals surface area contributed by atoms with E-state index < -0.39 is 0 Å². The number of halogens is 2. The summed E-state index contributed by atoms with van der Waals surface area (Å²) >= 11 is 9.25. The highest BCUT2D eigenvalue weighted by Gasteiger charge is 2.10. The van der Waals surface area contributed by atoms with Crippen LogP contribution in [0.4, 0.5) is 0 Å². The number of ether oxygens (including phenoxy) is 2. The predicted octanol–water partition coefficient (Wildman–Crippen LogP) is 3.13. The molecular weight excluding hydrogens is 243 g/mol. The van der Waals surface area contributed by atoms with Crippen molar-refractivity contribution >= 4 is 27.5 Å². The molecule has 0 aromatic rings. The van der Waals surface area contributed by atoms with Crippen LogP contribution >= 0.6 is 27.5 Å². The Balaban J connectivity index is 2.59. The third-order valence-electron chi connectivity index (χ3n) is 1.47. The quantitative estimate of drug-likeness (QED) is 0.720. The molecule has 0 atom stereocenters. The minimum absolute atomic E-state index is 0.255. The Morgan fingerprint density at radius 1 is 1.58 bits per heavy atom. The van der Waals surface area contributed by atoms with E-state index in [9.17, 15) is 0 Å². The molecule has 12 heavy (non-hydrogen) atoms. The molecule has 2 nitrogen and oxygen atoms in total. The van der Waals surface area contributed by atoms with Gasteiger partial charge in [-0.1, -0.05) is 27.5 Å². The van der Waals surface area contributed by atoms with Crippen LogP contribution in [0.3, 0.4) is 0 Å². The van der Waals surface area contributed by atoms with Crippen LogP contribution in [0.25, 0.3) is 0 Å². The van der Waals surface area contributed by atoms with Crippen molar-refractivity contribution in [2.75, 3.05) is 13.9 Å². The summed E-state index contributed by atoms with van der Waals surface area (Å²) in [5.74, 6) is 0.771. The van der Waals surface area contributed by atoms with Gasteiger partial charge < -0.3 is 9.47 Å². The first-order chi connectivity index (χ1) is 5.74. The first-order valence-corrected chi connectivity index (χ1v) is 4.77. The van der Waals surface area contributed by atoms with Crippen LogP contribution in [0, 0.1) is 0 Å². The van der Waals surface area contributed by atoms with E-state index in [2.05, 4.69) is 15.9 Å². The average Bonchev–Trinajstić information content (AvgIpc) is 2.07. The van der Waals surface area contributed by atoms with Crippen molar-refractivity contribution in [3.63, 3.8) is 0 Å². The lowest BCUT2D eigenvalue weighted by Gasteiger charge is -2.13. The Labute approximate surface area is 85.3 Å². The largest absolute Gasteiger partial charge is 0.467 e. The fourth-order valence-corrected chi connectivity index (χ4v) is 1.51. The summed E-state index contributed by atoms with van der Waals surface area (Å²) in [5, 5.41) is 0.823. The van der Waals surface area contributed by atoms with Gasteiger partial charge in [0, 0.05) is 16.6 Å². The molecule has 0 amide bonds. The first kappa shape index (κ1) is 10.1. The molecule has 0 aliphatic heterocycles. The molecule has 4 heteroatoms. The van der Waals surface area contributed by atoms with E-state index in [1.807, 2.05) is 6.08 Å². The molecule has 0 spiro atoms. The zero-order valence-electron chi connectivity index (χ0n) is 6.77. The summed E-state index contributed by atoms with van der Waals surface area (Å²) in [5.41, 5.74) is 0. The van der Waals surface area contributed by atoms with Gasteiger partial charge in [0.05, 0.1) is 0 Å². The van der Waals surface area contributed by atoms with E-state index in [4.69, 9.17) is 21.1 Å². The molecular formula is C8H10BrClO2. The molecule has 0 bridgehead atoms. The van der Waals surface area contributed by atoms with E-state index in [-0.39, 0.29) is 6.79 Å². The molecule has 1 aliphatic rings. The predicted molar refractivity (Wildman–Crippen MR) is 52.1 cm³/mol. The van der Waals surface area contributed by atoms with Crippen LogP contribution in [-0.4, -0.2) is 13.9 Å². The Kier molecular flexibility index (Phi) is 4.12. The van der Waals surface area contributed by atoms with Crippen molar-refractivity contribution in [2.24, 2.45) is 0 Å². The van der Waals surface area contributed by atoms with Gasteiger partial charge in [0.15, 0.2) is 6.79 Å². The molecule has 0 saturated heterocycles. The Morgan fingerprint density at radius 2 is 2.33 bits per heavy atom. The second-order valence-electron chi connectivity index (χ2n) is 2.41. The van der Waals surface area contributed by atoms with E-state index >= 15 is 0 Å². The zero-order chi connectivity index (χ0) is 8.97. The number of hydrogen-bond donors (Lipinski definition) is 0. The maximum atomic E-state index is 5.84. The molecule has 68 valence electrons. The summed E-state index contributed by atoms with van der Waals surface area (Å²) in [6.07, 6.45) is 3.59. The van der Waals surface area contributed by atoms with Crippen molar-refractivity contribution in [3.8, 4) is 0 Å². The molecule has 0 heterocycles. The fourth-order valence-electron chi connectivity index (χ4n) is 0.887. The Bertz CT molecular complexity index is 223. The van der Waals surface area contributed by atoms with Crippen molar-refractivity contribution in [1.29, 1.82) is 0 Å². The third kappa shape index (κ3) is 2.81. The van der Waals surface area contributed by atoms with Gasteiger partial charge in [0.1, 0.15) is 5.76 Å². The molecule has 1 rings (SSSR count). The van der Waals surface area contributed by atoms with E-state index in [0.717, 1.165) is 28.1 Å². The van der Waals surface area contributed by atoms with Crippen LogP contribution in [0.1, 0.15) is 12.8 Å². The Hall–Kier alpha value is 0.01000. The lowest BCUT2D eigenvalue weighted by atomic mass is 10.2. The van der Waals surface area contributed by atoms with E-state index in [1.54, 1.807) is 7.11 Å². The molecule has 0 aromatic heterocycles. The number of hydrogen-bond acceptors (Lipinski definition) is 2. The van der Waals surface area contributed by atoms with Gasteiger partial charge in [0.2, 0.25) is 0 Å². The molecule has 0 N–H and O–H groups in total. The lowest BCUT2D eigenvalue weighted by molar-refractivity contribution is 0.00919. The SMILES string of the molecule is COCOC1=C(Br)CCC(Cl)=C1. The van der Waals surface area contributed by atoms with Crippen LogP contribution in [0.15, 0.2) is 21.3 Å². The summed E-state index contributed by atoms with van der Waals surface area (Å²) in [6, 6.07) is 0. The second kappa shape index (κ2) is 4.90. The maximum absolute atomic E-state index is 5.84. The second-order valence-corrected chi connectivity index (χ2v) is 3.85. The van der Waals surface area contributed by atoms with Crippen LogP contribution in [-0.2, 0) is 9.47 Å². The minimum Gasteiger partial charge on any atom is -0.467 e. The van der Waals surface area contributed by atoms with Crippen molar-refractivity contribution < 1.29 is 9.47 Å². The molecule has 0 saturated carbocycles. The highest BCUT2D eigenvalue weighted by Crippen LogP contribution is 2.30. The standard InChI is InChI=1S/C8H10BrClO2/c1-11-5-12-8-4-6(10)2-3-7(8)9/h4H,2-3,5H2,1H3. The van der Waals surface area contributed by atoms with Crippen molar-refractivity contribution in [1.82, 2.24) is 0 Å². The summed E-state index contributed by atoms with van der Waals surface area (Å²) in [6.45, 7) is 0.255. The summed E-state index contributed by atoms with van der Waals surface area (Å²) in [7, 11) is 1.59. The summed E-state index contributed by atoms with van der Waals surface area (Å²) < 4.78 is 11.1. The van der Waals surface area contributed by atoms with Crippen LogP contribution < -0.4 is 0 Å². The highest BCUT2D eigenvalue weighted by atomic mass is 79.9. The van der Waals surface area contributed by atoms with Gasteiger partial charge in [-0.3, -0.25) is 0 Å². The van der Waals surface area contributed by atoms with Crippen LogP contribution in [0.5, 0.6) is 0 Å². The van der Waals surface area contributed by atoms with Gasteiger partial charge in [-0.05, 0) is 18.9 Å². The first-order valence-electron chi connectivity index (χ1n) is 3.60. The highest BCUT2D eigenvalue weighted by molar-refractivity contribution is 9.11. The monoisotopic (exact) mass is 252 g/mol. The van der Waals surface area contributed by atoms with Gasteiger partial charge in [-0.2, -0.15) is 0 Å². The topological polar surface area (TPSA) is 18.5 Å². The van der Waals surface area contributed by atoms with Gasteiger partial charge in [-0.25, -0.2) is 0 Å². The van der Waals surface area contributed by atoms with Crippen molar-refractivity contribution in [3.05, 3.63) is 21.3 Å². The van der Waals surface area contributed by atoms with Gasteiger partial charge >= 0.3 is 0 Å².